The third kappa shape index (κ3) is 3.39. The summed E-state index contributed by atoms with van der Waals surface area (Å²) in [7, 11) is 0. The van der Waals surface area contributed by atoms with Gasteiger partial charge < -0.3 is 5.73 Å². The van der Waals surface area contributed by atoms with Gasteiger partial charge in [0.05, 0.1) is 0 Å². The van der Waals surface area contributed by atoms with Crippen molar-refractivity contribution in [1.29, 1.82) is 0 Å². The van der Waals surface area contributed by atoms with Crippen molar-refractivity contribution in [2.75, 3.05) is 0 Å². The van der Waals surface area contributed by atoms with Crippen LogP contribution < -0.4 is 5.73 Å². The minimum atomic E-state index is -0.604. The van der Waals surface area contributed by atoms with Crippen LogP contribution in [0.25, 0.3) is 0 Å². The summed E-state index contributed by atoms with van der Waals surface area (Å²) in [6.45, 7) is 3.58. The number of benzene rings is 1. The summed E-state index contributed by atoms with van der Waals surface area (Å²) in [6.07, 6.45) is 3.88. The highest BCUT2D eigenvalue weighted by Crippen LogP contribution is 2.26. The molecule has 1 nitrogen and oxygen atoms in total. The predicted molar refractivity (Wildman–Crippen MR) is 65.0 cm³/mol. The molecule has 16 heavy (non-hydrogen) atoms. The van der Waals surface area contributed by atoms with Crippen LogP contribution in [0.1, 0.15) is 30.9 Å². The lowest BCUT2D eigenvalue weighted by atomic mass is 10.0. The maximum atomic E-state index is 13.5. The van der Waals surface area contributed by atoms with Crippen LogP contribution >= 0.6 is 15.9 Å². The molecule has 1 rings (SSSR count). The van der Waals surface area contributed by atoms with Crippen LogP contribution in [0.2, 0.25) is 0 Å². The smallest absolute Gasteiger partial charge is 0.132 e. The zero-order valence-corrected chi connectivity index (χ0v) is 10.4. The van der Waals surface area contributed by atoms with Gasteiger partial charge in [0.25, 0.3) is 0 Å². The van der Waals surface area contributed by atoms with E-state index in [1.807, 2.05) is 0 Å². The van der Waals surface area contributed by atoms with E-state index in [4.69, 9.17) is 5.73 Å². The van der Waals surface area contributed by atoms with E-state index in [2.05, 4.69) is 22.5 Å². The molecule has 0 aliphatic heterocycles. The molecule has 0 radical (unpaired) electrons. The molecular weight excluding hydrogens is 276 g/mol. The maximum Gasteiger partial charge on any atom is 0.132 e. The van der Waals surface area contributed by atoms with Crippen molar-refractivity contribution in [1.82, 2.24) is 0 Å². The third-order valence-electron chi connectivity index (χ3n) is 2.34. The lowest BCUT2D eigenvalue weighted by molar-refractivity contribution is 0.504. The normalized spacial score (nSPS) is 12.5. The zero-order chi connectivity index (χ0) is 12.1. The first-order chi connectivity index (χ1) is 7.56. The van der Waals surface area contributed by atoms with Gasteiger partial charge in [0.2, 0.25) is 0 Å². The van der Waals surface area contributed by atoms with Crippen LogP contribution in [-0.4, -0.2) is 0 Å². The van der Waals surface area contributed by atoms with Crippen LogP contribution in [-0.2, 0) is 0 Å². The first-order valence-corrected chi connectivity index (χ1v) is 5.86. The molecule has 1 aromatic rings. The van der Waals surface area contributed by atoms with Crippen molar-refractivity contribution in [3.8, 4) is 0 Å². The van der Waals surface area contributed by atoms with Gasteiger partial charge in [-0.15, -0.1) is 6.58 Å². The van der Waals surface area contributed by atoms with E-state index in [-0.39, 0.29) is 5.56 Å². The van der Waals surface area contributed by atoms with Crippen molar-refractivity contribution in [3.63, 3.8) is 0 Å². The monoisotopic (exact) mass is 289 g/mol. The van der Waals surface area contributed by atoms with Crippen molar-refractivity contribution >= 4 is 15.9 Å². The Bertz CT molecular complexity index is 356. The number of hydrogen-bond donors (Lipinski definition) is 1. The van der Waals surface area contributed by atoms with Gasteiger partial charge in [-0.25, -0.2) is 8.78 Å². The molecule has 88 valence electrons. The molecule has 4 heteroatoms. The summed E-state index contributed by atoms with van der Waals surface area (Å²) >= 11 is 3.03. The van der Waals surface area contributed by atoms with E-state index >= 15 is 0 Å². The number of unbranched alkanes of at least 4 members (excludes halogenated alkanes) is 1. The fourth-order valence-corrected chi connectivity index (χ4v) is 1.94. The van der Waals surface area contributed by atoms with Crippen LogP contribution in [0.3, 0.4) is 0 Å². The fraction of sp³-hybridized carbons (Fsp3) is 0.333. The van der Waals surface area contributed by atoms with Gasteiger partial charge >= 0.3 is 0 Å². The molecule has 0 aliphatic carbocycles. The zero-order valence-electron chi connectivity index (χ0n) is 8.85. The van der Waals surface area contributed by atoms with Crippen molar-refractivity contribution in [2.45, 2.75) is 25.3 Å². The summed E-state index contributed by atoms with van der Waals surface area (Å²) in [4.78, 5) is 0. The van der Waals surface area contributed by atoms with E-state index in [0.717, 1.165) is 12.8 Å². The van der Waals surface area contributed by atoms with Gasteiger partial charge in [-0.05, 0) is 31.4 Å². The van der Waals surface area contributed by atoms with Gasteiger partial charge in [0.15, 0.2) is 0 Å². The molecule has 0 amide bonds. The molecule has 0 aliphatic rings. The molecule has 0 heterocycles. The standard InChI is InChI=1S/C12H14BrF2N/c1-2-3-4-5-11(16)12-9(14)6-8(13)7-10(12)15/h2,6-7,11H,1,3-5,16H2. The number of halogens is 3. The SMILES string of the molecule is C=CCCCC(N)c1c(F)cc(Br)cc1F. The first-order valence-electron chi connectivity index (χ1n) is 5.07. The summed E-state index contributed by atoms with van der Waals surface area (Å²) in [5.41, 5.74) is 5.72. The second-order valence-corrected chi connectivity index (χ2v) is 4.52. The van der Waals surface area contributed by atoms with Crippen LogP contribution in [0, 0.1) is 11.6 Å². The first kappa shape index (κ1) is 13.3. The maximum absolute atomic E-state index is 13.5. The highest BCUT2D eigenvalue weighted by Gasteiger charge is 2.17. The fourth-order valence-electron chi connectivity index (χ4n) is 1.53. The van der Waals surface area contributed by atoms with E-state index in [9.17, 15) is 8.78 Å². The van der Waals surface area contributed by atoms with E-state index in [1.54, 1.807) is 6.08 Å². The lowest BCUT2D eigenvalue weighted by Gasteiger charge is -2.13. The Kier molecular flexibility index (Phi) is 5.09. The van der Waals surface area contributed by atoms with E-state index in [1.165, 1.54) is 12.1 Å². The molecule has 0 bridgehead atoms. The molecule has 0 aromatic heterocycles. The predicted octanol–water partition coefficient (Wildman–Crippen LogP) is 4.08. The third-order valence-corrected chi connectivity index (χ3v) is 2.80. The topological polar surface area (TPSA) is 26.0 Å². The van der Waals surface area contributed by atoms with Gasteiger partial charge in [-0.3, -0.25) is 0 Å². The lowest BCUT2D eigenvalue weighted by Crippen LogP contribution is -2.14. The van der Waals surface area contributed by atoms with Crippen LogP contribution in [0.4, 0.5) is 8.78 Å². The Labute approximate surface area is 102 Å². The Balaban J connectivity index is 2.82. The molecule has 0 spiro atoms. The summed E-state index contributed by atoms with van der Waals surface area (Å²) in [6, 6.07) is 1.85. The summed E-state index contributed by atoms with van der Waals surface area (Å²) in [5.74, 6) is -1.20. The molecule has 0 saturated heterocycles. The second kappa shape index (κ2) is 6.11. The van der Waals surface area contributed by atoms with Crippen LogP contribution in [0.5, 0.6) is 0 Å². The average Bonchev–Trinajstić information content (AvgIpc) is 2.16. The van der Waals surface area contributed by atoms with Crippen molar-refractivity contribution < 1.29 is 8.78 Å². The summed E-state index contributed by atoms with van der Waals surface area (Å²) < 4.78 is 27.4. The molecular formula is C12H14BrF2N. The molecule has 1 unspecified atom stereocenters. The van der Waals surface area contributed by atoms with E-state index < -0.39 is 17.7 Å². The molecule has 1 aromatic carbocycles. The van der Waals surface area contributed by atoms with Crippen molar-refractivity contribution in [3.05, 3.63) is 46.5 Å². The number of allylic oxidation sites excluding steroid dienone is 1. The van der Waals surface area contributed by atoms with Gasteiger partial charge in [-0.2, -0.15) is 0 Å². The summed E-state index contributed by atoms with van der Waals surface area (Å²) in [5, 5.41) is 0. The molecule has 0 saturated carbocycles. The van der Waals surface area contributed by atoms with Gasteiger partial charge in [-0.1, -0.05) is 22.0 Å². The Morgan fingerprint density at radius 2 is 1.94 bits per heavy atom. The van der Waals surface area contributed by atoms with Crippen LogP contribution in [0.15, 0.2) is 29.3 Å². The average molecular weight is 290 g/mol. The largest absolute Gasteiger partial charge is 0.324 e. The number of rotatable bonds is 5. The minimum Gasteiger partial charge on any atom is -0.324 e. The molecule has 0 fully saturated rings. The van der Waals surface area contributed by atoms with Gasteiger partial charge in [0.1, 0.15) is 11.6 Å². The Hall–Kier alpha value is -0.740. The minimum absolute atomic E-state index is 0.0349. The number of nitrogens with two attached hydrogens (primary N) is 1. The number of hydrogen-bond acceptors (Lipinski definition) is 1. The molecule has 1 atom stereocenters. The Morgan fingerprint density at radius 3 is 2.44 bits per heavy atom. The van der Waals surface area contributed by atoms with Crippen molar-refractivity contribution in [2.24, 2.45) is 5.73 Å². The van der Waals surface area contributed by atoms with Gasteiger partial charge in [0, 0.05) is 16.1 Å². The highest BCUT2D eigenvalue weighted by atomic mass is 79.9. The molecule has 2 N–H and O–H groups in total. The second-order valence-electron chi connectivity index (χ2n) is 3.61. The van der Waals surface area contributed by atoms with E-state index in [0.29, 0.717) is 10.9 Å². The highest BCUT2D eigenvalue weighted by molar-refractivity contribution is 9.10. The Morgan fingerprint density at radius 1 is 1.38 bits per heavy atom. The quantitative estimate of drug-likeness (QED) is 0.641.